The minimum Gasteiger partial charge on any atom is -0.493 e. The van der Waals surface area contributed by atoms with Crippen LogP contribution < -0.4 is 36.6 Å². The summed E-state index contributed by atoms with van der Waals surface area (Å²) < 4.78 is 22.2. The first-order valence-corrected chi connectivity index (χ1v) is 30.6. The van der Waals surface area contributed by atoms with E-state index in [1.807, 2.05) is 72.8 Å². The number of hydrogen-bond acceptors (Lipinski definition) is 14. The van der Waals surface area contributed by atoms with Crippen LogP contribution in [-0.4, -0.2) is 157 Å². The van der Waals surface area contributed by atoms with Crippen molar-refractivity contribution in [1.29, 1.82) is 0 Å². The second-order valence-electron chi connectivity index (χ2n) is 24.0. The number of fused-ring (bicyclic) bond motifs is 6. The average molecular weight is 1170 g/mol. The lowest BCUT2D eigenvalue weighted by Crippen LogP contribution is -2.55. The van der Waals surface area contributed by atoms with E-state index in [1.165, 1.54) is 6.92 Å². The highest BCUT2D eigenvalue weighted by Gasteiger charge is 2.51. The number of amides is 6. The molecule has 6 amide bonds. The van der Waals surface area contributed by atoms with Crippen LogP contribution in [0.25, 0.3) is 16.4 Å². The Bertz CT molecular complexity index is 3630. The fourth-order valence-corrected chi connectivity index (χ4v) is 15.4. The maximum atomic E-state index is 14.5. The minimum atomic E-state index is -1.65. The van der Waals surface area contributed by atoms with E-state index >= 15 is 0 Å². The van der Waals surface area contributed by atoms with Crippen molar-refractivity contribution in [3.63, 3.8) is 0 Å². The van der Waals surface area contributed by atoms with Crippen LogP contribution in [0.1, 0.15) is 124 Å². The number of aliphatic hydroxyl groups is 2. The molecule has 10 heterocycles. The Labute approximate surface area is 496 Å². The molecule has 10 aliphatic rings. The molecule has 4 unspecified atom stereocenters. The van der Waals surface area contributed by atoms with Crippen LogP contribution in [-0.2, 0) is 35.2 Å². The summed E-state index contributed by atoms with van der Waals surface area (Å²) in [6.45, 7) is 2.02. The van der Waals surface area contributed by atoms with Crippen molar-refractivity contribution in [2.75, 3.05) is 39.5 Å². The lowest BCUT2D eigenvalue weighted by molar-refractivity contribution is -0.142. The van der Waals surface area contributed by atoms with Crippen molar-refractivity contribution < 1.29 is 48.1 Å². The normalized spacial score (nSPS) is 27.6. The van der Waals surface area contributed by atoms with Crippen LogP contribution in [0.15, 0.2) is 119 Å². The molecule has 0 radical (unpaired) electrons. The van der Waals surface area contributed by atoms with Crippen LogP contribution in [0.5, 0.6) is 5.75 Å². The molecule has 0 bridgehead atoms. The number of benzene rings is 2. The Morgan fingerprint density at radius 2 is 1.10 bits per heavy atom. The smallest absolute Gasteiger partial charge is 0.257 e. The van der Waals surface area contributed by atoms with E-state index < -0.39 is 43.4 Å². The van der Waals surface area contributed by atoms with Gasteiger partial charge in [-0.2, -0.15) is 5.10 Å². The topological polar surface area (TPSA) is 264 Å². The Morgan fingerprint density at radius 3 is 1.69 bits per heavy atom. The van der Waals surface area contributed by atoms with Crippen LogP contribution in [0.3, 0.4) is 0 Å². The van der Waals surface area contributed by atoms with Gasteiger partial charge in [0.2, 0.25) is 11.8 Å². The number of pyridine rings is 2. The number of aromatic nitrogens is 3. The third-order valence-electron chi connectivity index (χ3n) is 19.2. The van der Waals surface area contributed by atoms with Gasteiger partial charge in [-0.3, -0.25) is 33.8 Å². The molecule has 8 N–H and O–H groups in total. The Balaban J connectivity index is 0.000000120. The summed E-state index contributed by atoms with van der Waals surface area (Å²) >= 11 is 0. The number of carbonyl (C=O) groups excluding carboxylic acids is 6. The molecule has 3 aliphatic carbocycles. The molecule has 86 heavy (non-hydrogen) atoms. The largest absolute Gasteiger partial charge is 0.493 e. The van der Waals surface area contributed by atoms with Gasteiger partial charge in [-0.05, 0) is 75.3 Å². The quantitative estimate of drug-likeness (QED) is 0.119. The van der Waals surface area contributed by atoms with E-state index in [4.69, 9.17) is 4.74 Å². The maximum Gasteiger partial charge on any atom is 0.257 e. The fraction of sp³-hybridized carbons (Fsp3) is 0.469. The summed E-state index contributed by atoms with van der Waals surface area (Å²) in [5.74, 6) is -1.03. The third-order valence-corrected chi connectivity index (χ3v) is 19.2. The predicted octanol–water partition coefficient (Wildman–Crippen LogP) is 4.04. The van der Waals surface area contributed by atoms with Gasteiger partial charge < -0.3 is 61.6 Å². The van der Waals surface area contributed by atoms with Crippen LogP contribution in [0.4, 0.5) is 4.39 Å². The summed E-state index contributed by atoms with van der Waals surface area (Å²) in [4.78, 5) is 87.6. The van der Waals surface area contributed by atoms with Gasteiger partial charge in [0, 0.05) is 70.5 Å². The van der Waals surface area contributed by atoms with Gasteiger partial charge in [0.1, 0.15) is 25.0 Å². The minimum absolute atomic E-state index is 0.00656. The highest BCUT2D eigenvalue weighted by atomic mass is 19.1. The molecule has 10 atom stereocenters. The van der Waals surface area contributed by atoms with Gasteiger partial charge in [0.15, 0.2) is 6.17 Å². The predicted molar refractivity (Wildman–Crippen MR) is 314 cm³/mol. The second kappa shape index (κ2) is 23.8. The van der Waals surface area contributed by atoms with Crippen LogP contribution in [0, 0.1) is 0 Å². The molecular formula is C64H73FN12O9. The second-order valence-corrected chi connectivity index (χ2v) is 24.0. The number of aliphatic hydroxyl groups excluding tert-OH is 2. The molecule has 0 saturated heterocycles. The summed E-state index contributed by atoms with van der Waals surface area (Å²) in [6, 6.07) is 21.2. The van der Waals surface area contributed by atoms with E-state index in [2.05, 4.69) is 42.0 Å². The van der Waals surface area contributed by atoms with Crippen LogP contribution >= 0.6 is 0 Å². The summed E-state index contributed by atoms with van der Waals surface area (Å²) in [5.41, 5.74) is 9.28. The highest BCUT2D eigenvalue weighted by Crippen LogP contribution is 2.47. The summed E-state index contributed by atoms with van der Waals surface area (Å²) in [5, 5.41) is 44.3. The molecule has 5 aromatic rings. The number of nitrogens with one attached hydrogen (secondary N) is 6. The number of hydrogen-bond donors (Lipinski definition) is 8. The molecule has 7 aliphatic heterocycles. The molecule has 15 rings (SSSR count). The van der Waals surface area contributed by atoms with E-state index in [9.17, 15) is 43.4 Å². The number of para-hydroxylation sites is 2. The standard InChI is InChI=1S/C23H25FN4O2.C21H25N3O4.C20H23N5O3/c1-13(24)23(30)28-18-10-3-2-9-16(18)27-17-12-26-22(29)19(17)21(28)15-8-4-6-14-7-5-11-25-20(14)15;25-11-17(26)24-16-7-2-1-6-14(16)23-15-10-22-21(27)18(15)19(24)13-5-3-4-12-8-9-28-20(12)13;26-11-17(27)24-15-6-2-1-5-13(15)23-14-10-21-20(28)18(14)19(24)16-7-3-4-12-8-9-22-25(12)16/h4-8,11,13,16,18,21,27H,2-3,9-10,12H2,1H3,(H,26,29);3-5,14,16,19,23,25H,1-2,6-11H2,(H,22,27);3-4,7-9,13,15,19,23,26H,1-2,5-6,10-11H2,(H,21,28)/t13?,16-,18?,21-;14-,16?,19-;13-,15?,19-/m111/s1. The third kappa shape index (κ3) is 10.1. The number of ether oxygens (including phenoxy) is 1. The molecule has 22 heteroatoms. The zero-order valence-corrected chi connectivity index (χ0v) is 48.1. The Morgan fingerprint density at radius 1 is 0.605 bits per heavy atom. The number of rotatable bonds is 6. The number of alkyl halides is 1. The fourth-order valence-electron chi connectivity index (χ4n) is 15.4. The SMILES string of the molecule is CC(F)C(=O)N1C2CCCC[C@H]2NC2=C(C(=O)NC2)[C@H]1c1cccc2cccnc12.O=C1NCC2=C1[C@@H](c1cccc3c1OCC3)N(C(=O)CO)C1CCCC[C@H]1N2.O=C1NCC2=C1[C@@H](c1cccc3ccnn13)N(C(=O)CO)C1CCCC[C@H]1N2. The highest BCUT2D eigenvalue weighted by molar-refractivity contribution is 6.02. The first-order chi connectivity index (χ1) is 41.9. The lowest BCUT2D eigenvalue weighted by Gasteiger charge is -2.43. The zero-order chi connectivity index (χ0) is 59.3. The van der Waals surface area contributed by atoms with Crippen LogP contribution in [0.2, 0.25) is 0 Å². The van der Waals surface area contributed by atoms with E-state index in [-0.39, 0.29) is 65.8 Å². The summed E-state index contributed by atoms with van der Waals surface area (Å²) in [6.07, 6.45) is 14.1. The van der Waals surface area contributed by atoms with Crippen molar-refractivity contribution in [3.8, 4) is 5.75 Å². The van der Waals surface area contributed by atoms with Gasteiger partial charge in [0.25, 0.3) is 23.6 Å². The van der Waals surface area contributed by atoms with Gasteiger partial charge >= 0.3 is 0 Å². The summed E-state index contributed by atoms with van der Waals surface area (Å²) in [7, 11) is 0. The van der Waals surface area contributed by atoms with E-state index in [1.54, 1.807) is 31.6 Å². The zero-order valence-electron chi connectivity index (χ0n) is 48.1. The first kappa shape index (κ1) is 56.7. The molecule has 21 nitrogen and oxygen atoms in total. The Kier molecular flexibility index (Phi) is 15.7. The van der Waals surface area contributed by atoms with Gasteiger partial charge in [0.05, 0.1) is 89.9 Å². The average Bonchev–Trinajstić information content (AvgIpc) is 2.21. The lowest BCUT2D eigenvalue weighted by atomic mass is 9.86. The molecule has 3 saturated carbocycles. The number of nitrogens with zero attached hydrogens (tertiary/aromatic N) is 6. The van der Waals surface area contributed by atoms with Crippen molar-refractivity contribution in [2.24, 2.45) is 0 Å². The van der Waals surface area contributed by atoms with E-state index in [0.29, 0.717) is 43.0 Å². The van der Waals surface area contributed by atoms with Gasteiger partial charge in [-0.15, -0.1) is 0 Å². The molecule has 3 aromatic heterocycles. The van der Waals surface area contributed by atoms with Crippen molar-refractivity contribution >= 4 is 51.9 Å². The van der Waals surface area contributed by atoms with E-state index in [0.717, 1.165) is 145 Å². The molecule has 450 valence electrons. The first-order valence-electron chi connectivity index (χ1n) is 30.6. The number of halogens is 1. The molecular weight excluding hydrogens is 1100 g/mol. The molecule has 2 aromatic carbocycles. The maximum absolute atomic E-state index is 14.5. The van der Waals surface area contributed by atoms with Gasteiger partial charge in [-0.25, -0.2) is 8.91 Å². The van der Waals surface area contributed by atoms with Crippen molar-refractivity contribution in [1.82, 2.24) is 61.2 Å². The monoisotopic (exact) mass is 1170 g/mol. The molecule has 3 fully saturated rings. The van der Waals surface area contributed by atoms with Crippen molar-refractivity contribution in [2.45, 2.75) is 151 Å². The Hall–Kier alpha value is -8.37. The number of carbonyl (C=O) groups is 6. The molecule has 0 spiro atoms. The van der Waals surface area contributed by atoms with Gasteiger partial charge in [-0.1, -0.05) is 87.1 Å². The van der Waals surface area contributed by atoms with Crippen molar-refractivity contribution in [3.05, 3.63) is 141 Å².